The molecule has 1 heterocycles. The summed E-state index contributed by atoms with van der Waals surface area (Å²) in [5.74, 6) is 0. The van der Waals surface area contributed by atoms with Gasteiger partial charge in [0.1, 0.15) is 0 Å². The van der Waals surface area contributed by atoms with Gasteiger partial charge in [0.2, 0.25) is 0 Å². The van der Waals surface area contributed by atoms with Crippen molar-refractivity contribution in [1.82, 2.24) is 9.80 Å². The summed E-state index contributed by atoms with van der Waals surface area (Å²) in [6, 6.07) is 8.93. The molecule has 1 aromatic carbocycles. The monoisotopic (exact) mass is 244 g/mol. The zero-order valence-corrected chi connectivity index (χ0v) is 11.6. The third kappa shape index (κ3) is 3.97. The van der Waals surface area contributed by atoms with Gasteiger partial charge < -0.3 is 9.80 Å². The minimum Gasteiger partial charge on any atom is -0.304 e. The number of piperazine rings is 1. The molecular formula is C16H24N2. The van der Waals surface area contributed by atoms with Crippen LogP contribution in [0.25, 0.3) is 6.08 Å². The first-order valence-corrected chi connectivity index (χ1v) is 6.90. The summed E-state index contributed by atoms with van der Waals surface area (Å²) >= 11 is 0. The summed E-state index contributed by atoms with van der Waals surface area (Å²) in [5, 5.41) is 0. The van der Waals surface area contributed by atoms with Crippen LogP contribution in [-0.4, -0.2) is 49.6 Å². The number of hydrogen-bond acceptors (Lipinski definition) is 2. The number of likely N-dealkylation sites (N-methyl/N-ethyl adjacent to an activating group) is 1. The molecular weight excluding hydrogens is 220 g/mol. The molecule has 0 aromatic heterocycles. The van der Waals surface area contributed by atoms with Gasteiger partial charge in [-0.1, -0.05) is 36.4 Å². The second kappa shape index (κ2) is 6.72. The van der Waals surface area contributed by atoms with E-state index in [0.29, 0.717) is 0 Å². The molecule has 0 spiro atoms. The van der Waals surface area contributed by atoms with Crippen molar-refractivity contribution in [2.45, 2.75) is 13.3 Å². The standard InChI is InChI=1S/C16H24N2/c1-3-4-15-5-7-16(8-6-15)9-10-18-13-11-17(2)12-14-18/h3-8H,9-14H2,1-2H3/b4-3+. The van der Waals surface area contributed by atoms with Crippen molar-refractivity contribution in [3.8, 4) is 0 Å². The maximum absolute atomic E-state index is 2.57. The van der Waals surface area contributed by atoms with Crippen molar-refractivity contribution in [3.63, 3.8) is 0 Å². The second-order valence-electron chi connectivity index (χ2n) is 5.14. The lowest BCUT2D eigenvalue weighted by Crippen LogP contribution is -2.45. The van der Waals surface area contributed by atoms with Crippen LogP contribution in [0.4, 0.5) is 0 Å². The predicted molar refractivity (Wildman–Crippen MR) is 78.8 cm³/mol. The van der Waals surface area contributed by atoms with Crippen molar-refractivity contribution < 1.29 is 0 Å². The van der Waals surface area contributed by atoms with Crippen LogP contribution in [0.5, 0.6) is 0 Å². The summed E-state index contributed by atoms with van der Waals surface area (Å²) < 4.78 is 0. The summed E-state index contributed by atoms with van der Waals surface area (Å²) in [6.07, 6.45) is 5.39. The largest absolute Gasteiger partial charge is 0.304 e. The molecule has 0 N–H and O–H groups in total. The lowest BCUT2D eigenvalue weighted by atomic mass is 10.1. The van der Waals surface area contributed by atoms with Crippen LogP contribution in [0, 0.1) is 0 Å². The minimum atomic E-state index is 1.17. The zero-order chi connectivity index (χ0) is 12.8. The molecule has 1 fully saturated rings. The van der Waals surface area contributed by atoms with Crippen molar-refractivity contribution in [1.29, 1.82) is 0 Å². The van der Waals surface area contributed by atoms with Gasteiger partial charge in [0.25, 0.3) is 0 Å². The Kier molecular flexibility index (Phi) is 4.97. The average molecular weight is 244 g/mol. The van der Waals surface area contributed by atoms with Crippen molar-refractivity contribution in [3.05, 3.63) is 41.5 Å². The van der Waals surface area contributed by atoms with E-state index in [-0.39, 0.29) is 0 Å². The van der Waals surface area contributed by atoms with E-state index in [2.05, 4.69) is 60.2 Å². The molecule has 0 saturated carbocycles. The van der Waals surface area contributed by atoms with Crippen LogP contribution in [0.3, 0.4) is 0 Å². The van der Waals surface area contributed by atoms with Crippen LogP contribution in [0.15, 0.2) is 30.3 Å². The Morgan fingerprint density at radius 1 is 1.06 bits per heavy atom. The number of hydrogen-bond donors (Lipinski definition) is 0. The lowest BCUT2D eigenvalue weighted by molar-refractivity contribution is 0.155. The molecule has 0 bridgehead atoms. The van der Waals surface area contributed by atoms with E-state index >= 15 is 0 Å². The first kappa shape index (κ1) is 13.3. The highest BCUT2D eigenvalue weighted by Gasteiger charge is 2.12. The molecule has 2 nitrogen and oxygen atoms in total. The molecule has 1 aliphatic heterocycles. The van der Waals surface area contributed by atoms with Crippen LogP contribution in [-0.2, 0) is 6.42 Å². The number of benzene rings is 1. The SMILES string of the molecule is C/C=C/c1ccc(CCN2CCN(C)CC2)cc1. The van der Waals surface area contributed by atoms with Gasteiger partial charge in [-0.15, -0.1) is 0 Å². The molecule has 1 aliphatic rings. The second-order valence-corrected chi connectivity index (χ2v) is 5.14. The fraction of sp³-hybridized carbons (Fsp3) is 0.500. The first-order chi connectivity index (χ1) is 8.78. The van der Waals surface area contributed by atoms with Gasteiger partial charge in [0.15, 0.2) is 0 Å². The third-order valence-electron chi connectivity index (χ3n) is 3.65. The first-order valence-electron chi connectivity index (χ1n) is 6.90. The van der Waals surface area contributed by atoms with Crippen molar-refractivity contribution in [2.24, 2.45) is 0 Å². The van der Waals surface area contributed by atoms with E-state index in [1.54, 1.807) is 0 Å². The quantitative estimate of drug-likeness (QED) is 0.803. The summed E-state index contributed by atoms with van der Waals surface area (Å²) in [7, 11) is 2.21. The van der Waals surface area contributed by atoms with Crippen molar-refractivity contribution >= 4 is 6.08 Å². The van der Waals surface area contributed by atoms with Crippen LogP contribution in [0.1, 0.15) is 18.1 Å². The predicted octanol–water partition coefficient (Wildman–Crippen LogP) is 2.51. The van der Waals surface area contributed by atoms with Gasteiger partial charge in [-0.3, -0.25) is 0 Å². The number of nitrogens with zero attached hydrogens (tertiary/aromatic N) is 2. The van der Waals surface area contributed by atoms with Crippen LogP contribution in [0.2, 0.25) is 0 Å². The fourth-order valence-electron chi connectivity index (χ4n) is 2.35. The molecule has 0 unspecified atom stereocenters. The highest BCUT2D eigenvalue weighted by atomic mass is 15.2. The van der Waals surface area contributed by atoms with Gasteiger partial charge in [0, 0.05) is 32.7 Å². The zero-order valence-electron chi connectivity index (χ0n) is 11.6. The third-order valence-corrected chi connectivity index (χ3v) is 3.65. The van der Waals surface area contributed by atoms with Crippen LogP contribution < -0.4 is 0 Å². The van der Waals surface area contributed by atoms with Gasteiger partial charge in [-0.05, 0) is 31.5 Å². The maximum atomic E-state index is 2.57. The Balaban J connectivity index is 1.79. The normalized spacial score (nSPS) is 18.6. The van der Waals surface area contributed by atoms with E-state index in [0.717, 1.165) is 0 Å². The molecule has 0 radical (unpaired) electrons. The molecule has 0 amide bonds. The van der Waals surface area contributed by atoms with E-state index in [9.17, 15) is 0 Å². The minimum absolute atomic E-state index is 1.17. The van der Waals surface area contributed by atoms with Gasteiger partial charge in [-0.25, -0.2) is 0 Å². The summed E-state index contributed by atoms with van der Waals surface area (Å²) in [5.41, 5.74) is 2.74. The molecule has 0 atom stereocenters. The van der Waals surface area contributed by atoms with Gasteiger partial charge in [0.05, 0.1) is 0 Å². The molecule has 1 saturated heterocycles. The molecule has 18 heavy (non-hydrogen) atoms. The Morgan fingerprint density at radius 2 is 1.72 bits per heavy atom. The van der Waals surface area contributed by atoms with E-state index < -0.39 is 0 Å². The van der Waals surface area contributed by atoms with Crippen LogP contribution >= 0.6 is 0 Å². The van der Waals surface area contributed by atoms with Gasteiger partial charge >= 0.3 is 0 Å². The smallest absolute Gasteiger partial charge is 0.0110 e. The van der Waals surface area contributed by atoms with Gasteiger partial charge in [-0.2, -0.15) is 0 Å². The van der Waals surface area contributed by atoms with E-state index in [1.807, 2.05) is 0 Å². The van der Waals surface area contributed by atoms with E-state index in [4.69, 9.17) is 0 Å². The number of allylic oxidation sites excluding steroid dienone is 1. The number of rotatable bonds is 4. The van der Waals surface area contributed by atoms with E-state index in [1.165, 1.54) is 50.3 Å². The molecule has 1 aromatic rings. The molecule has 2 heteroatoms. The fourth-order valence-corrected chi connectivity index (χ4v) is 2.35. The Morgan fingerprint density at radius 3 is 2.33 bits per heavy atom. The topological polar surface area (TPSA) is 6.48 Å². The lowest BCUT2D eigenvalue weighted by Gasteiger charge is -2.32. The summed E-state index contributed by atoms with van der Waals surface area (Å²) in [4.78, 5) is 4.97. The Labute approximate surface area is 111 Å². The van der Waals surface area contributed by atoms with Crippen molar-refractivity contribution in [2.75, 3.05) is 39.8 Å². The molecule has 0 aliphatic carbocycles. The Bertz CT molecular complexity index is 373. The summed E-state index contributed by atoms with van der Waals surface area (Å²) in [6.45, 7) is 8.10. The Hall–Kier alpha value is -1.12. The maximum Gasteiger partial charge on any atom is 0.0110 e. The molecule has 2 rings (SSSR count). The average Bonchev–Trinajstić information content (AvgIpc) is 2.40. The molecule has 98 valence electrons. The highest BCUT2D eigenvalue weighted by Crippen LogP contribution is 2.08. The highest BCUT2D eigenvalue weighted by molar-refractivity contribution is 5.49.